The summed E-state index contributed by atoms with van der Waals surface area (Å²) in [6, 6.07) is 9.08. The Morgan fingerprint density at radius 3 is 2.78 bits per heavy atom. The summed E-state index contributed by atoms with van der Waals surface area (Å²) in [4.78, 5) is 17.3. The molecule has 2 aliphatic rings. The molecule has 27 heavy (non-hydrogen) atoms. The van der Waals surface area contributed by atoms with Crippen molar-refractivity contribution in [2.75, 3.05) is 39.9 Å². The molecule has 5 heteroatoms. The molecule has 1 aromatic rings. The van der Waals surface area contributed by atoms with Crippen molar-refractivity contribution in [2.24, 2.45) is 5.92 Å². The molecule has 0 radical (unpaired) electrons. The highest BCUT2D eigenvalue weighted by Crippen LogP contribution is 2.28. The van der Waals surface area contributed by atoms with Gasteiger partial charge in [-0.05, 0) is 49.8 Å². The lowest BCUT2D eigenvalue weighted by molar-refractivity contribution is 0.145. The molecular formula is C22H35N3O2. The molecule has 3 rings (SSSR count). The van der Waals surface area contributed by atoms with Gasteiger partial charge in [-0.2, -0.15) is 0 Å². The molecule has 1 heterocycles. The zero-order valence-electron chi connectivity index (χ0n) is 17.0. The first kappa shape index (κ1) is 20.2. The Labute approximate surface area is 164 Å². The molecule has 1 aliphatic heterocycles. The lowest BCUT2D eigenvalue weighted by Gasteiger charge is -2.25. The molecule has 1 aromatic carbocycles. The Balaban J connectivity index is 1.49. The van der Waals surface area contributed by atoms with E-state index in [9.17, 15) is 4.79 Å². The molecule has 0 aromatic heterocycles. The maximum atomic E-state index is 12.8. The van der Waals surface area contributed by atoms with Crippen molar-refractivity contribution in [3.63, 3.8) is 0 Å². The molecule has 1 saturated heterocycles. The molecular weight excluding hydrogens is 338 g/mol. The Bertz CT molecular complexity index is 601. The van der Waals surface area contributed by atoms with Crippen molar-refractivity contribution in [3.05, 3.63) is 35.4 Å². The second-order valence-electron chi connectivity index (χ2n) is 8.11. The second kappa shape index (κ2) is 10.1. The average molecular weight is 374 g/mol. The van der Waals surface area contributed by atoms with Gasteiger partial charge < -0.3 is 19.9 Å². The van der Waals surface area contributed by atoms with Gasteiger partial charge in [0.25, 0.3) is 0 Å². The van der Waals surface area contributed by atoms with E-state index in [-0.39, 0.29) is 6.03 Å². The Morgan fingerprint density at radius 1 is 1.26 bits per heavy atom. The van der Waals surface area contributed by atoms with Crippen LogP contribution in [0.15, 0.2) is 24.3 Å². The van der Waals surface area contributed by atoms with E-state index in [4.69, 9.17) is 4.74 Å². The largest absolute Gasteiger partial charge is 0.383 e. The maximum absolute atomic E-state index is 12.8. The van der Waals surface area contributed by atoms with E-state index in [1.54, 1.807) is 7.11 Å². The van der Waals surface area contributed by atoms with Crippen LogP contribution in [0.5, 0.6) is 0 Å². The zero-order valence-corrected chi connectivity index (χ0v) is 17.0. The van der Waals surface area contributed by atoms with E-state index < -0.39 is 0 Å². The predicted molar refractivity (Wildman–Crippen MR) is 109 cm³/mol. The third-order valence-electron chi connectivity index (χ3n) is 6.18. The maximum Gasteiger partial charge on any atom is 0.317 e. The molecule has 0 unspecified atom stereocenters. The number of amides is 2. The summed E-state index contributed by atoms with van der Waals surface area (Å²) >= 11 is 0. The van der Waals surface area contributed by atoms with Gasteiger partial charge >= 0.3 is 6.03 Å². The van der Waals surface area contributed by atoms with Crippen molar-refractivity contribution in [2.45, 2.75) is 51.6 Å². The van der Waals surface area contributed by atoms with Crippen molar-refractivity contribution < 1.29 is 9.53 Å². The third kappa shape index (κ3) is 5.69. The minimum atomic E-state index is 0.0228. The van der Waals surface area contributed by atoms with Crippen molar-refractivity contribution in [1.82, 2.24) is 15.1 Å². The quantitative estimate of drug-likeness (QED) is 0.759. The summed E-state index contributed by atoms with van der Waals surface area (Å²) < 4.78 is 5.21. The minimum absolute atomic E-state index is 0.0228. The second-order valence-corrected chi connectivity index (χ2v) is 8.11. The fourth-order valence-electron chi connectivity index (χ4n) is 4.42. The van der Waals surface area contributed by atoms with E-state index in [0.29, 0.717) is 25.6 Å². The number of hydrogen-bond acceptors (Lipinski definition) is 3. The van der Waals surface area contributed by atoms with Crippen LogP contribution in [0.2, 0.25) is 0 Å². The lowest BCUT2D eigenvalue weighted by Crippen LogP contribution is -2.43. The number of likely N-dealkylation sites (tertiary alicyclic amines) is 1. The van der Waals surface area contributed by atoms with Gasteiger partial charge in [0, 0.05) is 39.3 Å². The molecule has 5 nitrogen and oxygen atoms in total. The van der Waals surface area contributed by atoms with Gasteiger partial charge in [-0.25, -0.2) is 4.79 Å². The summed E-state index contributed by atoms with van der Waals surface area (Å²) in [5.74, 6) is 0.581. The number of nitrogens with one attached hydrogen (secondary N) is 1. The molecule has 1 N–H and O–H groups in total. The van der Waals surface area contributed by atoms with Gasteiger partial charge in [-0.1, -0.05) is 37.1 Å². The van der Waals surface area contributed by atoms with Gasteiger partial charge in [0.05, 0.1) is 6.61 Å². The van der Waals surface area contributed by atoms with Crippen LogP contribution in [0.1, 0.15) is 43.2 Å². The first-order valence-electron chi connectivity index (χ1n) is 10.5. The summed E-state index contributed by atoms with van der Waals surface area (Å²) in [6.07, 6.45) is 6.69. The van der Waals surface area contributed by atoms with Crippen LogP contribution in [0.25, 0.3) is 0 Å². The van der Waals surface area contributed by atoms with Crippen LogP contribution in [0.3, 0.4) is 0 Å². The molecule has 150 valence electrons. The summed E-state index contributed by atoms with van der Waals surface area (Å²) in [7, 11) is 1.68. The van der Waals surface area contributed by atoms with E-state index >= 15 is 0 Å². The van der Waals surface area contributed by atoms with Crippen LogP contribution in [0.4, 0.5) is 4.79 Å². The number of hydrogen-bond donors (Lipinski definition) is 1. The Hall–Kier alpha value is -1.59. The highest BCUT2D eigenvalue weighted by atomic mass is 16.5. The highest BCUT2D eigenvalue weighted by Gasteiger charge is 2.30. The number of rotatable bonds is 8. The van der Waals surface area contributed by atoms with Gasteiger partial charge in [0.2, 0.25) is 0 Å². The monoisotopic (exact) mass is 373 g/mol. The number of methoxy groups -OCH3 is 1. The summed E-state index contributed by atoms with van der Waals surface area (Å²) in [6.45, 7) is 6.99. The van der Waals surface area contributed by atoms with E-state index in [0.717, 1.165) is 19.1 Å². The smallest absolute Gasteiger partial charge is 0.317 e. The number of carbonyl (C=O) groups is 1. The number of carbonyl (C=O) groups excluding carboxylic acids is 1. The van der Waals surface area contributed by atoms with Crippen molar-refractivity contribution in [3.8, 4) is 0 Å². The van der Waals surface area contributed by atoms with E-state index in [1.165, 1.54) is 49.8 Å². The number of benzene rings is 1. The fourth-order valence-corrected chi connectivity index (χ4v) is 4.42. The number of ether oxygens (including phenoxy) is 1. The zero-order chi connectivity index (χ0) is 19.1. The molecule has 2 fully saturated rings. The summed E-state index contributed by atoms with van der Waals surface area (Å²) in [5, 5.41) is 3.19. The first-order chi connectivity index (χ1) is 13.2. The highest BCUT2D eigenvalue weighted by molar-refractivity contribution is 5.74. The molecule has 2 amide bonds. The van der Waals surface area contributed by atoms with Crippen LogP contribution >= 0.6 is 0 Å². The molecule has 1 atom stereocenters. The van der Waals surface area contributed by atoms with Crippen LogP contribution in [-0.4, -0.2) is 61.8 Å². The number of aryl methyl sites for hydroxylation is 1. The fraction of sp³-hybridized carbons (Fsp3) is 0.682. The topological polar surface area (TPSA) is 44.8 Å². The van der Waals surface area contributed by atoms with Crippen molar-refractivity contribution in [1.29, 1.82) is 0 Å². The van der Waals surface area contributed by atoms with E-state index in [2.05, 4.69) is 29.3 Å². The number of urea groups is 1. The normalized spacial score (nSPS) is 20.9. The molecule has 1 saturated carbocycles. The van der Waals surface area contributed by atoms with Gasteiger partial charge in [0.1, 0.15) is 0 Å². The Kier molecular flexibility index (Phi) is 7.53. The molecule has 1 aliphatic carbocycles. The van der Waals surface area contributed by atoms with Gasteiger partial charge in [0.15, 0.2) is 0 Å². The molecule has 0 bridgehead atoms. The standard InChI is InChI=1S/C22H35N3O2/c1-18-7-3-4-8-20(18)17-25(13-14-27-2)22(26)23-15-19-11-12-24(16-19)21-9-5-6-10-21/h3-4,7-8,19,21H,5-6,9-17H2,1-2H3,(H,23,26)/t19-/m1/s1. The van der Waals surface area contributed by atoms with Crippen LogP contribution in [0, 0.1) is 12.8 Å². The summed E-state index contributed by atoms with van der Waals surface area (Å²) in [5.41, 5.74) is 2.41. The Morgan fingerprint density at radius 2 is 2.04 bits per heavy atom. The van der Waals surface area contributed by atoms with Crippen LogP contribution < -0.4 is 5.32 Å². The molecule has 0 spiro atoms. The first-order valence-corrected chi connectivity index (χ1v) is 10.5. The van der Waals surface area contributed by atoms with Crippen LogP contribution in [-0.2, 0) is 11.3 Å². The number of nitrogens with zero attached hydrogens (tertiary/aromatic N) is 2. The SMILES string of the molecule is COCCN(Cc1ccccc1C)C(=O)NC[C@H]1CCN(C2CCCC2)C1. The van der Waals surface area contributed by atoms with Gasteiger partial charge in [-0.3, -0.25) is 0 Å². The predicted octanol–water partition coefficient (Wildman–Crippen LogP) is 3.42. The average Bonchev–Trinajstić information content (AvgIpc) is 3.36. The van der Waals surface area contributed by atoms with E-state index in [1.807, 2.05) is 17.0 Å². The minimum Gasteiger partial charge on any atom is -0.383 e. The van der Waals surface area contributed by atoms with Gasteiger partial charge in [-0.15, -0.1) is 0 Å². The van der Waals surface area contributed by atoms with Crippen molar-refractivity contribution >= 4 is 6.03 Å². The lowest BCUT2D eigenvalue weighted by atomic mass is 10.1. The third-order valence-corrected chi connectivity index (χ3v) is 6.18.